The van der Waals surface area contributed by atoms with Crippen LogP contribution in [-0.2, 0) is 4.79 Å². The Morgan fingerprint density at radius 1 is 1.20 bits per heavy atom. The molecule has 1 amide bonds. The minimum absolute atomic E-state index is 0.0971. The predicted molar refractivity (Wildman–Crippen MR) is 95.8 cm³/mol. The van der Waals surface area contributed by atoms with Gasteiger partial charge in [0, 0.05) is 11.4 Å². The van der Waals surface area contributed by atoms with Crippen LogP contribution in [0.3, 0.4) is 0 Å². The van der Waals surface area contributed by atoms with Gasteiger partial charge in [0.15, 0.2) is 0 Å². The number of amides is 1. The van der Waals surface area contributed by atoms with Crippen molar-refractivity contribution in [2.75, 3.05) is 0 Å². The van der Waals surface area contributed by atoms with Crippen molar-refractivity contribution < 1.29 is 14.7 Å². The maximum absolute atomic E-state index is 12.7. The first-order valence-electron chi connectivity index (χ1n) is 8.65. The zero-order valence-corrected chi connectivity index (χ0v) is 14.9. The summed E-state index contributed by atoms with van der Waals surface area (Å²) in [6.07, 6.45) is 1.82. The molecule has 0 radical (unpaired) electrons. The molecule has 0 bridgehead atoms. The molecule has 0 spiro atoms. The normalized spacial score (nSPS) is 16.8. The van der Waals surface area contributed by atoms with Gasteiger partial charge in [-0.05, 0) is 51.7 Å². The molecule has 5 nitrogen and oxygen atoms in total. The Morgan fingerprint density at radius 3 is 2.36 bits per heavy atom. The Labute approximate surface area is 147 Å². The van der Waals surface area contributed by atoms with Crippen molar-refractivity contribution in [2.45, 2.75) is 51.6 Å². The number of nitrogens with zero attached hydrogens (tertiary/aromatic N) is 1. The monoisotopic (exact) mass is 340 g/mol. The fraction of sp³-hybridized carbons (Fsp3) is 0.400. The molecule has 1 aliphatic carbocycles. The van der Waals surface area contributed by atoms with Crippen molar-refractivity contribution in [1.82, 2.24) is 9.88 Å². The molecule has 0 saturated heterocycles. The van der Waals surface area contributed by atoms with E-state index in [1.807, 2.05) is 38.1 Å². The van der Waals surface area contributed by atoms with Crippen molar-refractivity contribution in [3.63, 3.8) is 0 Å². The number of nitrogens with one attached hydrogen (secondary N) is 1. The Balaban J connectivity index is 1.89. The summed E-state index contributed by atoms with van der Waals surface area (Å²) >= 11 is 0. The van der Waals surface area contributed by atoms with Crippen molar-refractivity contribution in [3.05, 3.63) is 58.9 Å². The van der Waals surface area contributed by atoms with Crippen LogP contribution >= 0.6 is 0 Å². The van der Waals surface area contributed by atoms with E-state index in [4.69, 9.17) is 0 Å². The van der Waals surface area contributed by atoms with E-state index >= 15 is 0 Å². The fourth-order valence-electron chi connectivity index (χ4n) is 3.69. The van der Waals surface area contributed by atoms with E-state index in [9.17, 15) is 14.7 Å². The highest BCUT2D eigenvalue weighted by Crippen LogP contribution is 2.33. The maximum atomic E-state index is 12.7. The SMILES string of the molecule is Cc1cc(C(=O)NC2(C(=O)O)CCC2)c(C)n1C(C)c1ccccc1. The van der Waals surface area contributed by atoms with Gasteiger partial charge in [0.1, 0.15) is 5.54 Å². The van der Waals surface area contributed by atoms with Crippen LogP contribution < -0.4 is 5.32 Å². The van der Waals surface area contributed by atoms with Crippen LogP contribution in [0.25, 0.3) is 0 Å². The standard InChI is InChI=1S/C20H24N2O3/c1-13-12-17(18(23)21-20(19(24)25)10-7-11-20)15(3)22(13)14(2)16-8-5-4-6-9-16/h4-6,8-9,12,14H,7,10-11H2,1-3H3,(H,21,23)(H,24,25). The van der Waals surface area contributed by atoms with E-state index in [2.05, 4.69) is 28.9 Å². The van der Waals surface area contributed by atoms with Crippen molar-refractivity contribution in [1.29, 1.82) is 0 Å². The molecule has 25 heavy (non-hydrogen) atoms. The van der Waals surface area contributed by atoms with Gasteiger partial charge in [-0.25, -0.2) is 4.79 Å². The molecule has 5 heteroatoms. The van der Waals surface area contributed by atoms with Crippen LogP contribution in [0.1, 0.15) is 59.5 Å². The molecule has 2 aromatic rings. The molecule has 0 aliphatic heterocycles. The predicted octanol–water partition coefficient (Wildman–Crippen LogP) is 3.45. The third-order valence-corrected chi connectivity index (χ3v) is 5.37. The van der Waals surface area contributed by atoms with E-state index in [-0.39, 0.29) is 11.9 Å². The lowest BCUT2D eigenvalue weighted by Crippen LogP contribution is -2.59. The average molecular weight is 340 g/mol. The molecule has 1 aliphatic rings. The number of hydrogen-bond acceptors (Lipinski definition) is 2. The summed E-state index contributed by atoms with van der Waals surface area (Å²) < 4.78 is 2.12. The van der Waals surface area contributed by atoms with Crippen molar-refractivity contribution in [3.8, 4) is 0 Å². The number of carboxylic acid groups (broad SMARTS) is 1. The highest BCUT2D eigenvalue weighted by atomic mass is 16.4. The van der Waals surface area contributed by atoms with E-state index in [1.54, 1.807) is 0 Å². The molecule has 3 rings (SSSR count). The third kappa shape index (κ3) is 2.95. The van der Waals surface area contributed by atoms with E-state index < -0.39 is 11.5 Å². The second kappa shape index (κ2) is 6.39. The van der Waals surface area contributed by atoms with Gasteiger partial charge < -0.3 is 15.0 Å². The number of hydrogen-bond donors (Lipinski definition) is 2. The minimum Gasteiger partial charge on any atom is -0.480 e. The number of aryl methyl sites for hydroxylation is 1. The molecule has 2 N–H and O–H groups in total. The molecule has 1 fully saturated rings. The Morgan fingerprint density at radius 2 is 1.84 bits per heavy atom. The van der Waals surface area contributed by atoms with Gasteiger partial charge in [-0.15, -0.1) is 0 Å². The summed E-state index contributed by atoms with van der Waals surface area (Å²) in [6.45, 7) is 5.98. The lowest BCUT2D eigenvalue weighted by Gasteiger charge is -2.38. The highest BCUT2D eigenvalue weighted by molar-refractivity contribution is 5.99. The zero-order chi connectivity index (χ0) is 18.2. The number of aliphatic carboxylic acids is 1. The number of benzene rings is 1. The average Bonchev–Trinajstić information content (AvgIpc) is 2.85. The number of rotatable bonds is 5. The summed E-state index contributed by atoms with van der Waals surface area (Å²) in [5.74, 6) is -1.25. The Kier molecular flexibility index (Phi) is 4.41. The van der Waals surface area contributed by atoms with Crippen LogP contribution in [0.15, 0.2) is 36.4 Å². The fourth-order valence-corrected chi connectivity index (χ4v) is 3.69. The number of carboxylic acids is 1. The molecule has 1 atom stereocenters. The van der Waals surface area contributed by atoms with E-state index in [0.717, 1.165) is 23.4 Å². The number of carbonyl (C=O) groups excluding carboxylic acids is 1. The van der Waals surface area contributed by atoms with Gasteiger partial charge in [-0.2, -0.15) is 0 Å². The minimum atomic E-state index is -1.09. The van der Waals surface area contributed by atoms with Crippen molar-refractivity contribution in [2.24, 2.45) is 0 Å². The second-order valence-corrected chi connectivity index (χ2v) is 6.94. The Bertz CT molecular complexity index is 804. The van der Waals surface area contributed by atoms with Gasteiger partial charge in [-0.3, -0.25) is 4.79 Å². The molecular weight excluding hydrogens is 316 g/mol. The number of aromatic nitrogens is 1. The van der Waals surface area contributed by atoms with Crippen LogP contribution in [0.4, 0.5) is 0 Å². The van der Waals surface area contributed by atoms with Crippen molar-refractivity contribution >= 4 is 11.9 Å². The molecule has 1 aromatic heterocycles. The quantitative estimate of drug-likeness (QED) is 0.876. The van der Waals surface area contributed by atoms with Gasteiger partial charge in [0.2, 0.25) is 0 Å². The summed E-state index contributed by atoms with van der Waals surface area (Å²) in [5, 5.41) is 12.2. The molecular formula is C20H24N2O3. The highest BCUT2D eigenvalue weighted by Gasteiger charge is 2.46. The summed E-state index contributed by atoms with van der Waals surface area (Å²) in [4.78, 5) is 24.2. The summed E-state index contributed by atoms with van der Waals surface area (Å²) in [5.41, 5.74) is 2.46. The van der Waals surface area contributed by atoms with Gasteiger partial charge in [-0.1, -0.05) is 30.3 Å². The van der Waals surface area contributed by atoms with Crippen LogP contribution in [0.2, 0.25) is 0 Å². The second-order valence-electron chi connectivity index (χ2n) is 6.94. The molecule has 1 aromatic carbocycles. The molecule has 1 heterocycles. The zero-order valence-electron chi connectivity index (χ0n) is 14.9. The third-order valence-electron chi connectivity index (χ3n) is 5.37. The summed E-state index contributed by atoms with van der Waals surface area (Å²) in [6, 6.07) is 12.1. The first-order valence-corrected chi connectivity index (χ1v) is 8.65. The smallest absolute Gasteiger partial charge is 0.329 e. The molecule has 132 valence electrons. The first-order chi connectivity index (χ1) is 11.9. The first kappa shape index (κ1) is 17.3. The van der Waals surface area contributed by atoms with Gasteiger partial charge >= 0.3 is 5.97 Å². The van der Waals surface area contributed by atoms with Crippen LogP contribution in [-0.4, -0.2) is 27.1 Å². The molecule has 1 saturated carbocycles. The maximum Gasteiger partial charge on any atom is 0.329 e. The van der Waals surface area contributed by atoms with Gasteiger partial charge in [0.25, 0.3) is 5.91 Å². The van der Waals surface area contributed by atoms with Gasteiger partial charge in [0.05, 0.1) is 11.6 Å². The molecule has 1 unspecified atom stereocenters. The lowest BCUT2D eigenvalue weighted by molar-refractivity contribution is -0.148. The number of carbonyl (C=O) groups is 2. The largest absolute Gasteiger partial charge is 0.480 e. The Hall–Kier alpha value is -2.56. The topological polar surface area (TPSA) is 71.3 Å². The van der Waals surface area contributed by atoms with Crippen LogP contribution in [0, 0.1) is 13.8 Å². The lowest BCUT2D eigenvalue weighted by atomic mass is 9.76. The summed E-state index contributed by atoms with van der Waals surface area (Å²) in [7, 11) is 0. The van der Waals surface area contributed by atoms with E-state index in [0.29, 0.717) is 18.4 Å². The van der Waals surface area contributed by atoms with Crippen LogP contribution in [0.5, 0.6) is 0 Å². The van der Waals surface area contributed by atoms with E-state index in [1.165, 1.54) is 0 Å².